The average molecular weight is 234 g/mol. The number of rotatable bonds is 5. The molecular weight excluding hydrogens is 212 g/mol. The number of hydrogen-bond acceptors (Lipinski definition) is 2. The van der Waals surface area contributed by atoms with Crippen molar-refractivity contribution in [2.24, 2.45) is 16.6 Å². The number of aryl methyl sites for hydroxylation is 1. The van der Waals surface area contributed by atoms with Crippen molar-refractivity contribution < 1.29 is 0 Å². The zero-order valence-corrected chi connectivity index (χ0v) is 10.4. The molecule has 0 unspecified atom stereocenters. The number of hydrogen-bond donors (Lipinski definition) is 2. The molecule has 17 heavy (non-hydrogen) atoms. The minimum Gasteiger partial charge on any atom is -0.387 e. The summed E-state index contributed by atoms with van der Waals surface area (Å²) < 4.78 is 0. The number of nitrogens with two attached hydrogens (primary N) is 1. The number of amidine groups is 1. The number of imidazole rings is 1. The molecule has 2 rings (SSSR count). The molecule has 4 nitrogen and oxygen atoms in total. The molecule has 1 heterocycles. The summed E-state index contributed by atoms with van der Waals surface area (Å²) in [7, 11) is 0. The fourth-order valence-corrected chi connectivity index (χ4v) is 2.42. The van der Waals surface area contributed by atoms with Gasteiger partial charge in [0.15, 0.2) is 0 Å². The van der Waals surface area contributed by atoms with Gasteiger partial charge < -0.3 is 10.7 Å². The summed E-state index contributed by atoms with van der Waals surface area (Å²) in [6.07, 6.45) is 12.1. The Morgan fingerprint density at radius 2 is 2.24 bits per heavy atom. The molecule has 0 radical (unpaired) electrons. The van der Waals surface area contributed by atoms with Crippen molar-refractivity contribution >= 4 is 5.84 Å². The van der Waals surface area contributed by atoms with Crippen LogP contribution in [0.15, 0.2) is 17.4 Å². The maximum Gasteiger partial charge on any atom is 0.106 e. The SMILES string of the molecule is NC(=NCCCc1ncc[nH]1)C1CCCCC1. The molecule has 1 saturated carbocycles. The van der Waals surface area contributed by atoms with Gasteiger partial charge in [0.05, 0.1) is 5.84 Å². The first-order chi connectivity index (χ1) is 8.36. The second-order valence-electron chi connectivity index (χ2n) is 4.78. The van der Waals surface area contributed by atoms with E-state index in [0.717, 1.165) is 31.0 Å². The van der Waals surface area contributed by atoms with Gasteiger partial charge >= 0.3 is 0 Å². The summed E-state index contributed by atoms with van der Waals surface area (Å²) in [4.78, 5) is 11.8. The fourth-order valence-electron chi connectivity index (χ4n) is 2.42. The topological polar surface area (TPSA) is 67.1 Å². The molecule has 1 aliphatic carbocycles. The third-order valence-electron chi connectivity index (χ3n) is 3.44. The molecule has 1 aromatic rings. The molecule has 0 aromatic carbocycles. The summed E-state index contributed by atoms with van der Waals surface area (Å²) in [5, 5.41) is 0. The smallest absolute Gasteiger partial charge is 0.106 e. The van der Waals surface area contributed by atoms with Gasteiger partial charge in [-0.05, 0) is 19.3 Å². The Bertz CT molecular complexity index is 336. The van der Waals surface area contributed by atoms with E-state index < -0.39 is 0 Å². The van der Waals surface area contributed by atoms with Gasteiger partial charge in [-0.3, -0.25) is 4.99 Å². The summed E-state index contributed by atoms with van der Waals surface area (Å²) in [5.74, 6) is 2.47. The van der Waals surface area contributed by atoms with E-state index in [2.05, 4.69) is 15.0 Å². The van der Waals surface area contributed by atoms with E-state index in [9.17, 15) is 0 Å². The molecule has 0 bridgehead atoms. The molecule has 0 aliphatic heterocycles. The number of H-pyrrole nitrogens is 1. The van der Waals surface area contributed by atoms with Crippen LogP contribution in [0.2, 0.25) is 0 Å². The van der Waals surface area contributed by atoms with Crippen LogP contribution in [0.1, 0.15) is 44.3 Å². The highest BCUT2D eigenvalue weighted by Crippen LogP contribution is 2.23. The lowest BCUT2D eigenvalue weighted by Gasteiger charge is -2.20. The third kappa shape index (κ3) is 3.88. The number of aromatic nitrogens is 2. The number of nitrogens with zero attached hydrogens (tertiary/aromatic N) is 2. The van der Waals surface area contributed by atoms with Crippen LogP contribution in [-0.4, -0.2) is 22.3 Å². The van der Waals surface area contributed by atoms with E-state index in [1.165, 1.54) is 32.1 Å². The highest BCUT2D eigenvalue weighted by Gasteiger charge is 2.16. The molecule has 4 heteroatoms. The van der Waals surface area contributed by atoms with E-state index in [-0.39, 0.29) is 0 Å². The summed E-state index contributed by atoms with van der Waals surface area (Å²) >= 11 is 0. The summed E-state index contributed by atoms with van der Waals surface area (Å²) in [6, 6.07) is 0. The van der Waals surface area contributed by atoms with Crippen LogP contribution >= 0.6 is 0 Å². The van der Waals surface area contributed by atoms with Crippen molar-refractivity contribution in [2.45, 2.75) is 44.9 Å². The monoisotopic (exact) mass is 234 g/mol. The van der Waals surface area contributed by atoms with Crippen LogP contribution in [-0.2, 0) is 6.42 Å². The fraction of sp³-hybridized carbons (Fsp3) is 0.692. The first-order valence-corrected chi connectivity index (χ1v) is 6.64. The van der Waals surface area contributed by atoms with Crippen molar-refractivity contribution in [3.63, 3.8) is 0 Å². The molecule has 0 spiro atoms. The van der Waals surface area contributed by atoms with Crippen LogP contribution in [0.4, 0.5) is 0 Å². The highest BCUT2D eigenvalue weighted by molar-refractivity contribution is 5.82. The van der Waals surface area contributed by atoms with Gasteiger partial charge in [-0.1, -0.05) is 19.3 Å². The Morgan fingerprint density at radius 1 is 1.41 bits per heavy atom. The van der Waals surface area contributed by atoms with E-state index in [1.807, 2.05) is 6.20 Å². The highest BCUT2D eigenvalue weighted by atomic mass is 14.9. The molecule has 0 atom stereocenters. The minimum absolute atomic E-state index is 0.548. The number of aliphatic imine (C=N–C) groups is 1. The first kappa shape index (κ1) is 12.1. The maximum atomic E-state index is 6.03. The van der Waals surface area contributed by atoms with Crippen LogP contribution < -0.4 is 5.73 Å². The molecule has 1 aromatic heterocycles. The normalized spacial score (nSPS) is 18.5. The molecule has 3 N–H and O–H groups in total. The lowest BCUT2D eigenvalue weighted by molar-refractivity contribution is 0.436. The van der Waals surface area contributed by atoms with E-state index >= 15 is 0 Å². The first-order valence-electron chi connectivity index (χ1n) is 6.64. The van der Waals surface area contributed by atoms with E-state index in [1.54, 1.807) is 6.20 Å². The standard InChI is InChI=1S/C13H22N4/c14-13(11-5-2-1-3-6-11)17-8-4-7-12-15-9-10-16-12/h9-11H,1-8H2,(H2,14,17)(H,15,16). The van der Waals surface area contributed by atoms with Crippen molar-refractivity contribution in [1.29, 1.82) is 0 Å². The van der Waals surface area contributed by atoms with Crippen molar-refractivity contribution in [3.05, 3.63) is 18.2 Å². The van der Waals surface area contributed by atoms with Crippen LogP contribution in [0.3, 0.4) is 0 Å². The third-order valence-corrected chi connectivity index (χ3v) is 3.44. The largest absolute Gasteiger partial charge is 0.387 e. The van der Waals surface area contributed by atoms with Gasteiger partial charge in [-0.15, -0.1) is 0 Å². The van der Waals surface area contributed by atoms with Gasteiger partial charge in [-0.25, -0.2) is 4.98 Å². The summed E-state index contributed by atoms with van der Waals surface area (Å²) in [6.45, 7) is 0.822. The number of nitrogens with one attached hydrogen (secondary N) is 1. The van der Waals surface area contributed by atoms with E-state index in [0.29, 0.717) is 5.92 Å². The predicted molar refractivity (Wildman–Crippen MR) is 70.0 cm³/mol. The van der Waals surface area contributed by atoms with Crippen LogP contribution in [0.5, 0.6) is 0 Å². The second kappa shape index (κ2) is 6.42. The minimum atomic E-state index is 0.548. The second-order valence-corrected chi connectivity index (χ2v) is 4.78. The Morgan fingerprint density at radius 3 is 2.94 bits per heavy atom. The van der Waals surface area contributed by atoms with Gasteiger partial charge in [0.1, 0.15) is 5.82 Å². The molecule has 0 saturated heterocycles. The Balaban J connectivity index is 1.68. The zero-order chi connectivity index (χ0) is 11.9. The molecule has 1 fully saturated rings. The van der Waals surface area contributed by atoms with Crippen molar-refractivity contribution in [3.8, 4) is 0 Å². The number of aromatic amines is 1. The lowest BCUT2D eigenvalue weighted by Crippen LogP contribution is -2.26. The average Bonchev–Trinajstić information content (AvgIpc) is 2.88. The van der Waals surface area contributed by atoms with Gasteiger partial charge in [0.2, 0.25) is 0 Å². The molecular formula is C13H22N4. The van der Waals surface area contributed by atoms with Gasteiger partial charge in [-0.2, -0.15) is 0 Å². The van der Waals surface area contributed by atoms with Crippen molar-refractivity contribution in [1.82, 2.24) is 9.97 Å². The Labute approximate surface area is 103 Å². The molecule has 94 valence electrons. The van der Waals surface area contributed by atoms with Crippen molar-refractivity contribution in [2.75, 3.05) is 6.54 Å². The summed E-state index contributed by atoms with van der Waals surface area (Å²) in [5.41, 5.74) is 6.03. The Hall–Kier alpha value is -1.32. The zero-order valence-electron chi connectivity index (χ0n) is 10.4. The molecule has 0 amide bonds. The maximum absolute atomic E-state index is 6.03. The lowest BCUT2D eigenvalue weighted by atomic mass is 9.88. The van der Waals surface area contributed by atoms with E-state index in [4.69, 9.17) is 5.73 Å². The van der Waals surface area contributed by atoms with Crippen LogP contribution in [0.25, 0.3) is 0 Å². The van der Waals surface area contributed by atoms with Gasteiger partial charge in [0.25, 0.3) is 0 Å². The van der Waals surface area contributed by atoms with Crippen LogP contribution in [0, 0.1) is 5.92 Å². The predicted octanol–water partition coefficient (Wildman–Crippen LogP) is 2.28. The quantitative estimate of drug-likeness (QED) is 0.466. The molecule has 1 aliphatic rings. The Kier molecular flexibility index (Phi) is 4.59. The van der Waals surface area contributed by atoms with Gasteiger partial charge in [0, 0.05) is 31.3 Å².